The molecule has 0 spiro atoms. The van der Waals surface area contributed by atoms with Gasteiger partial charge in [0, 0.05) is 43.6 Å². The first-order chi connectivity index (χ1) is 15.6. The second kappa shape index (κ2) is 10.1. The van der Waals surface area contributed by atoms with Gasteiger partial charge in [0.05, 0.1) is 5.69 Å². The predicted molar refractivity (Wildman–Crippen MR) is 120 cm³/mol. The van der Waals surface area contributed by atoms with Crippen LogP contribution in [0.1, 0.15) is 18.4 Å². The summed E-state index contributed by atoms with van der Waals surface area (Å²) in [5, 5.41) is 10.0. The van der Waals surface area contributed by atoms with Crippen molar-refractivity contribution < 1.29 is 14.0 Å². The van der Waals surface area contributed by atoms with Gasteiger partial charge in [-0.15, -0.1) is 0 Å². The van der Waals surface area contributed by atoms with Crippen molar-refractivity contribution in [2.24, 2.45) is 5.92 Å². The van der Waals surface area contributed by atoms with E-state index >= 15 is 0 Å². The Bertz CT molecular complexity index is 1060. The molecule has 0 atom stereocenters. The van der Waals surface area contributed by atoms with Gasteiger partial charge < -0.3 is 15.5 Å². The number of hydrogen-bond acceptors (Lipinski definition) is 3. The molecule has 1 aliphatic heterocycles. The summed E-state index contributed by atoms with van der Waals surface area (Å²) in [6.07, 6.45) is 5.20. The van der Waals surface area contributed by atoms with Crippen molar-refractivity contribution in [3.63, 3.8) is 0 Å². The van der Waals surface area contributed by atoms with Crippen LogP contribution >= 0.6 is 0 Å². The number of amides is 3. The fraction of sp³-hybridized carbons (Fsp3) is 0.292. The first-order valence-electron chi connectivity index (χ1n) is 10.8. The fourth-order valence-corrected chi connectivity index (χ4v) is 3.86. The molecule has 2 aromatic carbocycles. The highest BCUT2D eigenvalue weighted by molar-refractivity contribution is 5.90. The lowest BCUT2D eigenvalue weighted by Crippen LogP contribution is -2.44. The molecule has 1 saturated heterocycles. The van der Waals surface area contributed by atoms with Crippen LogP contribution in [0.3, 0.4) is 0 Å². The number of urea groups is 1. The van der Waals surface area contributed by atoms with E-state index in [0.717, 1.165) is 5.69 Å². The molecule has 1 aliphatic rings. The number of piperidine rings is 1. The molecule has 3 amide bonds. The quantitative estimate of drug-likeness (QED) is 0.621. The van der Waals surface area contributed by atoms with E-state index in [1.54, 1.807) is 34.0 Å². The number of rotatable bonds is 6. The monoisotopic (exact) mass is 435 g/mol. The highest BCUT2D eigenvalue weighted by atomic mass is 19.1. The highest BCUT2D eigenvalue weighted by Gasteiger charge is 2.27. The molecule has 3 aromatic rings. The second-order valence-electron chi connectivity index (χ2n) is 7.82. The lowest BCUT2D eigenvalue weighted by molar-refractivity contribution is -0.126. The Labute approximate surface area is 186 Å². The average molecular weight is 436 g/mol. The summed E-state index contributed by atoms with van der Waals surface area (Å²) in [5.74, 6) is -0.424. The van der Waals surface area contributed by atoms with Gasteiger partial charge in [0.15, 0.2) is 0 Å². The van der Waals surface area contributed by atoms with Crippen molar-refractivity contribution in [1.29, 1.82) is 0 Å². The van der Waals surface area contributed by atoms with E-state index < -0.39 is 0 Å². The zero-order chi connectivity index (χ0) is 22.3. The van der Waals surface area contributed by atoms with Crippen LogP contribution in [0.15, 0.2) is 67.0 Å². The second-order valence-corrected chi connectivity index (χ2v) is 7.82. The number of carbonyl (C=O) groups is 2. The van der Waals surface area contributed by atoms with Gasteiger partial charge in [0.25, 0.3) is 0 Å². The summed E-state index contributed by atoms with van der Waals surface area (Å²) in [5.41, 5.74) is 2.14. The van der Waals surface area contributed by atoms with Gasteiger partial charge in [-0.05, 0) is 55.2 Å². The summed E-state index contributed by atoms with van der Waals surface area (Å²) in [4.78, 5) is 26.8. The lowest BCUT2D eigenvalue weighted by atomic mass is 9.96. The molecule has 7 nitrogen and oxygen atoms in total. The molecule has 0 unspecified atom stereocenters. The van der Waals surface area contributed by atoms with Crippen LogP contribution < -0.4 is 10.6 Å². The van der Waals surface area contributed by atoms with E-state index in [1.165, 1.54) is 6.07 Å². The van der Waals surface area contributed by atoms with Crippen molar-refractivity contribution in [1.82, 2.24) is 20.0 Å². The number of aromatic nitrogens is 2. The van der Waals surface area contributed by atoms with Crippen molar-refractivity contribution in [3.8, 4) is 5.69 Å². The highest BCUT2D eigenvalue weighted by Crippen LogP contribution is 2.20. The Kier molecular flexibility index (Phi) is 6.79. The zero-order valence-corrected chi connectivity index (χ0v) is 17.7. The molecule has 1 fully saturated rings. The molecule has 1 aromatic heterocycles. The minimum absolute atomic E-state index is 0.0340. The molecule has 0 bridgehead atoms. The van der Waals surface area contributed by atoms with Gasteiger partial charge in [0.1, 0.15) is 5.82 Å². The largest absolute Gasteiger partial charge is 0.356 e. The summed E-state index contributed by atoms with van der Waals surface area (Å²) < 4.78 is 15.4. The SMILES string of the molecule is O=C(NCCc1ccccc1F)C1CCN(C(=O)Nc2cccc(-n3cccn3)c2)CC1. The zero-order valence-electron chi connectivity index (χ0n) is 17.7. The maximum atomic E-state index is 13.7. The van der Waals surface area contributed by atoms with Crippen molar-refractivity contribution in [2.45, 2.75) is 19.3 Å². The topological polar surface area (TPSA) is 79.3 Å². The first kappa shape index (κ1) is 21.5. The van der Waals surface area contributed by atoms with Crippen LogP contribution in [0, 0.1) is 11.7 Å². The van der Waals surface area contributed by atoms with Crippen molar-refractivity contribution in [3.05, 3.63) is 78.4 Å². The number of halogens is 1. The Balaban J connectivity index is 1.23. The minimum Gasteiger partial charge on any atom is -0.356 e. The molecular weight excluding hydrogens is 409 g/mol. The average Bonchev–Trinajstić information content (AvgIpc) is 3.36. The maximum absolute atomic E-state index is 13.7. The van der Waals surface area contributed by atoms with Crippen molar-refractivity contribution in [2.75, 3.05) is 25.0 Å². The third-order valence-electron chi connectivity index (χ3n) is 5.67. The van der Waals surface area contributed by atoms with Gasteiger partial charge in [-0.25, -0.2) is 13.9 Å². The van der Waals surface area contributed by atoms with Crippen LogP contribution in [0.5, 0.6) is 0 Å². The van der Waals surface area contributed by atoms with Crippen LogP contribution in [0.2, 0.25) is 0 Å². The number of nitrogens with zero attached hydrogens (tertiary/aromatic N) is 3. The summed E-state index contributed by atoms with van der Waals surface area (Å²) in [6, 6.07) is 15.7. The number of hydrogen-bond donors (Lipinski definition) is 2. The Morgan fingerprint density at radius 3 is 2.62 bits per heavy atom. The molecule has 2 N–H and O–H groups in total. The van der Waals surface area contributed by atoms with Crippen LogP contribution in [0.25, 0.3) is 5.69 Å². The van der Waals surface area contributed by atoms with E-state index in [-0.39, 0.29) is 23.7 Å². The minimum atomic E-state index is -0.253. The van der Waals surface area contributed by atoms with E-state index in [1.807, 2.05) is 36.5 Å². The standard InChI is InChI=1S/C24H26FN5O2/c25-22-8-2-1-5-18(22)9-13-26-23(31)19-10-15-29(16-11-19)24(32)28-20-6-3-7-21(17-20)30-14-4-12-27-30/h1-8,12,14,17,19H,9-11,13,15-16H2,(H,26,31)(H,28,32). The first-order valence-corrected chi connectivity index (χ1v) is 10.8. The lowest BCUT2D eigenvalue weighted by Gasteiger charge is -2.31. The van der Waals surface area contributed by atoms with Crippen LogP contribution in [0.4, 0.5) is 14.9 Å². The van der Waals surface area contributed by atoms with Crippen LogP contribution in [-0.2, 0) is 11.2 Å². The van der Waals surface area contributed by atoms with Gasteiger partial charge >= 0.3 is 6.03 Å². The maximum Gasteiger partial charge on any atom is 0.321 e. The Hall–Kier alpha value is -3.68. The molecule has 8 heteroatoms. The van der Waals surface area contributed by atoms with Crippen molar-refractivity contribution >= 4 is 17.6 Å². The molecule has 0 aliphatic carbocycles. The number of likely N-dealkylation sites (tertiary alicyclic amines) is 1. The molecule has 0 saturated carbocycles. The fourth-order valence-electron chi connectivity index (χ4n) is 3.86. The third kappa shape index (κ3) is 5.32. The number of carbonyl (C=O) groups excluding carboxylic acids is 2. The molecular formula is C24H26FN5O2. The van der Waals surface area contributed by atoms with Crippen LogP contribution in [-0.4, -0.2) is 46.3 Å². The molecule has 4 rings (SSSR count). The van der Waals surface area contributed by atoms with Gasteiger partial charge in [-0.2, -0.15) is 5.10 Å². The summed E-state index contributed by atoms with van der Waals surface area (Å²) in [7, 11) is 0. The third-order valence-corrected chi connectivity index (χ3v) is 5.67. The van der Waals surface area contributed by atoms with E-state index in [2.05, 4.69) is 15.7 Å². The van der Waals surface area contributed by atoms with E-state index in [4.69, 9.17) is 0 Å². The van der Waals surface area contributed by atoms with E-state index in [9.17, 15) is 14.0 Å². The summed E-state index contributed by atoms with van der Waals surface area (Å²) in [6.45, 7) is 1.42. The summed E-state index contributed by atoms with van der Waals surface area (Å²) >= 11 is 0. The number of anilines is 1. The Morgan fingerprint density at radius 1 is 1.06 bits per heavy atom. The number of nitrogens with one attached hydrogen (secondary N) is 2. The van der Waals surface area contributed by atoms with Gasteiger partial charge in [-0.3, -0.25) is 4.79 Å². The molecule has 2 heterocycles. The predicted octanol–water partition coefficient (Wildman–Crippen LogP) is 3.61. The normalized spacial score (nSPS) is 14.2. The molecule has 32 heavy (non-hydrogen) atoms. The molecule has 166 valence electrons. The Morgan fingerprint density at radius 2 is 1.88 bits per heavy atom. The molecule has 0 radical (unpaired) electrons. The smallest absolute Gasteiger partial charge is 0.321 e. The van der Waals surface area contributed by atoms with E-state index in [0.29, 0.717) is 50.1 Å². The van der Waals surface area contributed by atoms with Gasteiger partial charge in [0.2, 0.25) is 5.91 Å². The number of benzene rings is 2. The van der Waals surface area contributed by atoms with Gasteiger partial charge in [-0.1, -0.05) is 24.3 Å².